The van der Waals surface area contributed by atoms with Crippen LogP contribution in [-0.4, -0.2) is 29.5 Å². The van der Waals surface area contributed by atoms with Crippen LogP contribution in [0.25, 0.3) is 10.8 Å². The molecular formula is C31H34N4O4. The SMILES string of the molecule is CCOc1cc(C(Nc2ccc3cnccc3c2)C(=O)NCc2cccc(NC(C)=O)c2)ccc1OC(C)C. The number of aromatic nitrogens is 1. The van der Waals surface area contributed by atoms with Crippen molar-refractivity contribution in [3.8, 4) is 11.5 Å². The van der Waals surface area contributed by atoms with Gasteiger partial charge in [-0.3, -0.25) is 14.6 Å². The zero-order valence-corrected chi connectivity index (χ0v) is 22.7. The van der Waals surface area contributed by atoms with Gasteiger partial charge in [0.05, 0.1) is 12.7 Å². The van der Waals surface area contributed by atoms with E-state index in [-0.39, 0.29) is 17.9 Å². The third-order valence-corrected chi connectivity index (χ3v) is 5.89. The molecule has 0 spiro atoms. The third kappa shape index (κ3) is 7.47. The number of pyridine rings is 1. The van der Waals surface area contributed by atoms with E-state index in [1.807, 2.05) is 87.5 Å². The first-order valence-electron chi connectivity index (χ1n) is 13.0. The van der Waals surface area contributed by atoms with Crippen molar-refractivity contribution in [3.05, 3.63) is 90.3 Å². The van der Waals surface area contributed by atoms with Crippen molar-refractivity contribution in [3.63, 3.8) is 0 Å². The Balaban J connectivity index is 1.63. The second-order valence-electron chi connectivity index (χ2n) is 9.42. The average molecular weight is 527 g/mol. The summed E-state index contributed by atoms with van der Waals surface area (Å²) in [5.74, 6) is 0.843. The number of rotatable bonds is 11. The lowest BCUT2D eigenvalue weighted by atomic mass is 10.0. The highest BCUT2D eigenvalue weighted by molar-refractivity contribution is 5.90. The minimum Gasteiger partial charge on any atom is -0.490 e. The third-order valence-electron chi connectivity index (χ3n) is 5.89. The molecule has 0 fully saturated rings. The van der Waals surface area contributed by atoms with Crippen molar-refractivity contribution < 1.29 is 19.1 Å². The van der Waals surface area contributed by atoms with E-state index in [2.05, 4.69) is 20.9 Å². The number of hydrogen-bond donors (Lipinski definition) is 3. The highest BCUT2D eigenvalue weighted by Gasteiger charge is 2.23. The summed E-state index contributed by atoms with van der Waals surface area (Å²) in [5.41, 5.74) is 3.06. The van der Waals surface area contributed by atoms with Crippen molar-refractivity contribution in [2.75, 3.05) is 17.2 Å². The number of fused-ring (bicyclic) bond motifs is 1. The van der Waals surface area contributed by atoms with Crippen LogP contribution in [0, 0.1) is 0 Å². The van der Waals surface area contributed by atoms with Crippen molar-refractivity contribution in [1.82, 2.24) is 10.3 Å². The zero-order chi connectivity index (χ0) is 27.8. The molecule has 1 unspecified atom stereocenters. The van der Waals surface area contributed by atoms with Gasteiger partial charge in [0.15, 0.2) is 11.5 Å². The van der Waals surface area contributed by atoms with Crippen molar-refractivity contribution in [1.29, 1.82) is 0 Å². The van der Waals surface area contributed by atoms with Gasteiger partial charge in [-0.2, -0.15) is 0 Å². The summed E-state index contributed by atoms with van der Waals surface area (Å²) >= 11 is 0. The molecule has 0 aliphatic heterocycles. The fourth-order valence-electron chi connectivity index (χ4n) is 4.22. The van der Waals surface area contributed by atoms with Crippen LogP contribution < -0.4 is 25.4 Å². The predicted octanol–water partition coefficient (Wildman–Crippen LogP) is 5.85. The number of amides is 2. The summed E-state index contributed by atoms with van der Waals surface area (Å²) in [6.45, 7) is 8.04. The van der Waals surface area contributed by atoms with Crippen LogP contribution in [0.5, 0.6) is 11.5 Å². The van der Waals surface area contributed by atoms with E-state index in [0.717, 1.165) is 27.6 Å². The molecule has 3 aromatic carbocycles. The molecule has 39 heavy (non-hydrogen) atoms. The Labute approximate surface area is 228 Å². The lowest BCUT2D eigenvalue weighted by Crippen LogP contribution is -2.33. The molecule has 1 heterocycles. The van der Waals surface area contributed by atoms with Gasteiger partial charge in [0.25, 0.3) is 0 Å². The Hall–Kier alpha value is -4.59. The van der Waals surface area contributed by atoms with Crippen LogP contribution in [0.4, 0.5) is 11.4 Å². The quantitative estimate of drug-likeness (QED) is 0.227. The van der Waals surface area contributed by atoms with Gasteiger partial charge in [0.1, 0.15) is 6.04 Å². The molecule has 0 bridgehead atoms. The normalized spacial score (nSPS) is 11.6. The van der Waals surface area contributed by atoms with E-state index in [0.29, 0.717) is 30.3 Å². The number of nitrogens with zero attached hydrogens (tertiary/aromatic N) is 1. The summed E-state index contributed by atoms with van der Waals surface area (Å²) in [4.78, 5) is 29.3. The molecule has 0 radical (unpaired) electrons. The largest absolute Gasteiger partial charge is 0.490 e. The lowest BCUT2D eigenvalue weighted by molar-refractivity contribution is -0.122. The Morgan fingerprint density at radius 2 is 1.77 bits per heavy atom. The minimum absolute atomic E-state index is 0.0207. The monoisotopic (exact) mass is 526 g/mol. The average Bonchev–Trinajstić information content (AvgIpc) is 2.91. The number of benzene rings is 3. The molecule has 0 aliphatic rings. The Morgan fingerprint density at radius 1 is 0.923 bits per heavy atom. The van der Waals surface area contributed by atoms with Crippen molar-refractivity contribution >= 4 is 34.0 Å². The fraction of sp³-hybridized carbons (Fsp3) is 0.258. The first-order valence-corrected chi connectivity index (χ1v) is 13.0. The van der Waals surface area contributed by atoms with Gasteiger partial charge >= 0.3 is 0 Å². The predicted molar refractivity (Wildman–Crippen MR) is 154 cm³/mol. The maximum absolute atomic E-state index is 13.7. The van der Waals surface area contributed by atoms with Crippen LogP contribution >= 0.6 is 0 Å². The summed E-state index contributed by atoms with van der Waals surface area (Å²) < 4.78 is 11.8. The molecule has 4 rings (SSSR count). The Kier molecular flexibility index (Phi) is 8.99. The van der Waals surface area contributed by atoms with E-state index in [1.165, 1.54) is 6.92 Å². The van der Waals surface area contributed by atoms with Crippen molar-refractivity contribution in [2.45, 2.75) is 46.4 Å². The van der Waals surface area contributed by atoms with E-state index < -0.39 is 6.04 Å². The fourth-order valence-corrected chi connectivity index (χ4v) is 4.22. The summed E-state index contributed by atoms with van der Waals surface area (Å²) in [6, 6.07) is 20.1. The van der Waals surface area contributed by atoms with Gasteiger partial charge in [0, 0.05) is 42.6 Å². The minimum atomic E-state index is -0.713. The lowest BCUT2D eigenvalue weighted by Gasteiger charge is -2.22. The molecule has 0 saturated carbocycles. The maximum atomic E-state index is 13.7. The van der Waals surface area contributed by atoms with Gasteiger partial charge in [-0.05, 0) is 79.7 Å². The second kappa shape index (κ2) is 12.8. The molecule has 8 heteroatoms. The molecule has 1 aromatic heterocycles. The number of ether oxygens (including phenoxy) is 2. The molecular weight excluding hydrogens is 492 g/mol. The molecule has 0 aliphatic carbocycles. The zero-order valence-electron chi connectivity index (χ0n) is 22.7. The summed E-state index contributed by atoms with van der Waals surface area (Å²) in [5, 5.41) is 11.2. The molecule has 2 amide bonds. The van der Waals surface area contributed by atoms with Crippen LogP contribution in [0.15, 0.2) is 79.1 Å². The highest BCUT2D eigenvalue weighted by Crippen LogP contribution is 2.33. The van der Waals surface area contributed by atoms with Crippen molar-refractivity contribution in [2.24, 2.45) is 0 Å². The molecule has 1 atom stereocenters. The topological polar surface area (TPSA) is 102 Å². The van der Waals surface area contributed by atoms with E-state index in [9.17, 15) is 9.59 Å². The van der Waals surface area contributed by atoms with Gasteiger partial charge in [0.2, 0.25) is 11.8 Å². The van der Waals surface area contributed by atoms with E-state index in [1.54, 1.807) is 12.4 Å². The van der Waals surface area contributed by atoms with E-state index in [4.69, 9.17) is 9.47 Å². The maximum Gasteiger partial charge on any atom is 0.247 e. The summed E-state index contributed by atoms with van der Waals surface area (Å²) in [6.07, 6.45) is 3.53. The number of anilines is 2. The number of hydrogen-bond acceptors (Lipinski definition) is 6. The molecule has 0 saturated heterocycles. The molecule has 3 N–H and O–H groups in total. The van der Waals surface area contributed by atoms with Gasteiger partial charge in [-0.25, -0.2) is 0 Å². The van der Waals surface area contributed by atoms with Gasteiger partial charge in [-0.15, -0.1) is 0 Å². The summed E-state index contributed by atoms with van der Waals surface area (Å²) in [7, 11) is 0. The molecule has 4 aromatic rings. The molecule has 202 valence electrons. The van der Waals surface area contributed by atoms with Gasteiger partial charge in [-0.1, -0.05) is 24.3 Å². The van der Waals surface area contributed by atoms with Gasteiger partial charge < -0.3 is 25.4 Å². The van der Waals surface area contributed by atoms with Crippen LogP contribution in [0.2, 0.25) is 0 Å². The number of carbonyl (C=O) groups is 2. The number of carbonyl (C=O) groups excluding carboxylic acids is 2. The first kappa shape index (κ1) is 27.4. The Bertz CT molecular complexity index is 1450. The molecule has 8 nitrogen and oxygen atoms in total. The smallest absolute Gasteiger partial charge is 0.247 e. The number of nitrogens with one attached hydrogen (secondary N) is 3. The first-order chi connectivity index (χ1) is 18.8. The highest BCUT2D eigenvalue weighted by atomic mass is 16.5. The standard InChI is InChI=1S/C31H34N4O4/c1-5-38-29-17-24(10-12-28(29)39-20(2)3)30(35-27-11-9-25-19-32-14-13-23(25)16-27)31(37)33-18-22-7-6-8-26(15-22)34-21(4)36/h6-17,19-20,30,35H,5,18H2,1-4H3,(H,33,37)(H,34,36). The Morgan fingerprint density at radius 3 is 2.54 bits per heavy atom. The van der Waals surface area contributed by atoms with Crippen LogP contribution in [0.1, 0.15) is 44.9 Å². The van der Waals surface area contributed by atoms with E-state index >= 15 is 0 Å². The van der Waals surface area contributed by atoms with Crippen LogP contribution in [-0.2, 0) is 16.1 Å². The van der Waals surface area contributed by atoms with Crippen LogP contribution in [0.3, 0.4) is 0 Å². The second-order valence-corrected chi connectivity index (χ2v) is 9.42.